The van der Waals surface area contributed by atoms with Crippen LogP contribution in [0.15, 0.2) is 30.7 Å². The van der Waals surface area contributed by atoms with Crippen molar-refractivity contribution in [2.75, 3.05) is 68.1 Å². The van der Waals surface area contributed by atoms with Gasteiger partial charge in [-0.15, -0.1) is 0 Å². The van der Waals surface area contributed by atoms with Crippen LogP contribution in [-0.2, 0) is 11.2 Å². The molecule has 2 aromatic heterocycles. The topological polar surface area (TPSA) is 103 Å². The van der Waals surface area contributed by atoms with E-state index < -0.39 is 5.82 Å². The van der Waals surface area contributed by atoms with E-state index >= 15 is 4.39 Å². The molecule has 196 valence electrons. The third kappa shape index (κ3) is 5.28. The van der Waals surface area contributed by atoms with E-state index in [-0.39, 0.29) is 5.91 Å². The largest absolute Gasteiger partial charge is 0.378 e. The molecular weight excluding hydrogens is 475 g/mol. The van der Waals surface area contributed by atoms with Crippen molar-refractivity contribution in [3.8, 4) is 11.1 Å². The number of halogens is 1. The van der Waals surface area contributed by atoms with Gasteiger partial charge >= 0.3 is 0 Å². The van der Waals surface area contributed by atoms with Gasteiger partial charge in [0.05, 0.1) is 24.6 Å². The van der Waals surface area contributed by atoms with Crippen LogP contribution in [0.2, 0.25) is 0 Å². The summed E-state index contributed by atoms with van der Waals surface area (Å²) < 4.78 is 21.0. The first-order valence-electron chi connectivity index (χ1n) is 12.7. The summed E-state index contributed by atoms with van der Waals surface area (Å²) in [6.07, 6.45) is 5.65. The molecule has 2 aliphatic rings. The van der Waals surface area contributed by atoms with Crippen molar-refractivity contribution in [2.45, 2.75) is 26.3 Å². The molecule has 10 nitrogen and oxygen atoms in total. The van der Waals surface area contributed by atoms with E-state index in [4.69, 9.17) is 4.74 Å². The third-order valence-corrected chi connectivity index (χ3v) is 7.19. The van der Waals surface area contributed by atoms with E-state index in [1.807, 2.05) is 11.8 Å². The number of aromatic amines is 1. The average molecular weight is 509 g/mol. The first kappa shape index (κ1) is 25.1. The molecule has 2 N–H and O–H groups in total. The van der Waals surface area contributed by atoms with Gasteiger partial charge in [0.15, 0.2) is 5.69 Å². The highest BCUT2D eigenvalue weighted by molar-refractivity contribution is 6.06. The number of H-pyrrole nitrogens is 1. The number of nitrogens with zero attached hydrogens (tertiary/aromatic N) is 6. The predicted molar refractivity (Wildman–Crippen MR) is 141 cm³/mol. The molecule has 0 bridgehead atoms. The van der Waals surface area contributed by atoms with E-state index in [9.17, 15) is 4.79 Å². The number of anilines is 3. The number of amides is 1. The van der Waals surface area contributed by atoms with Crippen LogP contribution in [0, 0.1) is 5.82 Å². The number of rotatable bonds is 6. The molecule has 0 unspecified atom stereocenters. The molecule has 0 spiro atoms. The van der Waals surface area contributed by atoms with Crippen LogP contribution in [0.25, 0.3) is 11.1 Å². The Morgan fingerprint density at radius 1 is 1.16 bits per heavy atom. The maximum absolute atomic E-state index is 15.6. The van der Waals surface area contributed by atoms with E-state index in [1.54, 1.807) is 24.7 Å². The van der Waals surface area contributed by atoms with Crippen LogP contribution in [-0.4, -0.2) is 90.0 Å². The van der Waals surface area contributed by atoms with Gasteiger partial charge in [-0.2, -0.15) is 5.10 Å². The molecule has 3 aromatic rings. The van der Waals surface area contributed by atoms with Crippen LogP contribution in [0.3, 0.4) is 0 Å². The number of piperazine rings is 1. The number of hydrogen-bond donors (Lipinski definition) is 2. The molecule has 2 fully saturated rings. The quantitative estimate of drug-likeness (QED) is 0.524. The lowest BCUT2D eigenvalue weighted by atomic mass is 10.0. The number of ether oxygens (including phenoxy) is 1. The first-order chi connectivity index (χ1) is 17.9. The number of nitrogens with one attached hydrogen (secondary N) is 2. The average Bonchev–Trinajstić information content (AvgIpc) is 3.41. The molecule has 4 heterocycles. The Morgan fingerprint density at radius 2 is 1.92 bits per heavy atom. The number of morpholine rings is 1. The molecule has 2 aliphatic heterocycles. The van der Waals surface area contributed by atoms with Crippen LogP contribution in [0.5, 0.6) is 0 Å². The van der Waals surface area contributed by atoms with Crippen molar-refractivity contribution in [3.63, 3.8) is 0 Å². The van der Waals surface area contributed by atoms with Gasteiger partial charge in [0.25, 0.3) is 5.91 Å². The van der Waals surface area contributed by atoms with Crippen molar-refractivity contribution in [1.29, 1.82) is 0 Å². The SMILES string of the molecule is CCc1c[nH]nc1C(=O)Nc1cc(-c2cnc(N3CCOCC3)nc2)c(F)cc1N1CCN(C)[C@@H](C)C1. The molecule has 5 rings (SSSR count). The highest BCUT2D eigenvalue weighted by Gasteiger charge is 2.26. The van der Waals surface area contributed by atoms with Crippen molar-refractivity contribution in [3.05, 3.63) is 47.8 Å². The lowest BCUT2D eigenvalue weighted by Crippen LogP contribution is -2.50. The molecule has 0 saturated carbocycles. The Morgan fingerprint density at radius 3 is 2.62 bits per heavy atom. The Bertz CT molecular complexity index is 1240. The molecule has 0 radical (unpaired) electrons. The Labute approximate surface area is 215 Å². The monoisotopic (exact) mass is 508 g/mol. The standard InChI is InChI=1S/C26H33FN8O2/c1-4-18-15-30-32-24(18)25(36)31-22-11-20(19-13-28-26(29-14-19)34-7-9-37-10-8-34)21(27)12-23(22)35-6-5-33(3)17(2)16-35/h11-15,17H,4-10,16H2,1-3H3,(H,30,32)(H,31,36)/t17-/m0/s1. The van der Waals surface area contributed by atoms with Crippen molar-refractivity contribution in [2.24, 2.45) is 0 Å². The molecule has 1 amide bonds. The van der Waals surface area contributed by atoms with Gasteiger partial charge in [0.2, 0.25) is 5.95 Å². The van der Waals surface area contributed by atoms with Gasteiger partial charge < -0.3 is 24.8 Å². The second kappa shape index (κ2) is 10.8. The third-order valence-electron chi connectivity index (χ3n) is 7.19. The van der Waals surface area contributed by atoms with Gasteiger partial charge in [-0.05, 0) is 32.5 Å². The number of carbonyl (C=O) groups excluding carboxylic acids is 1. The maximum atomic E-state index is 15.6. The van der Waals surface area contributed by atoms with E-state index in [0.717, 1.165) is 38.3 Å². The predicted octanol–water partition coefficient (Wildman–Crippen LogP) is 2.80. The van der Waals surface area contributed by atoms with Crippen LogP contribution < -0.4 is 15.1 Å². The fourth-order valence-electron chi connectivity index (χ4n) is 4.76. The zero-order chi connectivity index (χ0) is 25.9. The first-order valence-corrected chi connectivity index (χ1v) is 12.7. The molecule has 11 heteroatoms. The molecule has 2 saturated heterocycles. The maximum Gasteiger partial charge on any atom is 0.276 e. The summed E-state index contributed by atoms with van der Waals surface area (Å²) >= 11 is 0. The minimum absolute atomic E-state index is 0.291. The molecular formula is C26H33FN8O2. The lowest BCUT2D eigenvalue weighted by molar-refractivity contribution is 0.102. The Hall–Kier alpha value is -3.57. The number of hydrogen-bond acceptors (Lipinski definition) is 8. The van der Waals surface area contributed by atoms with Crippen LogP contribution >= 0.6 is 0 Å². The number of benzene rings is 1. The van der Waals surface area contributed by atoms with E-state index in [1.165, 1.54) is 6.07 Å². The second-order valence-electron chi connectivity index (χ2n) is 9.56. The number of likely N-dealkylation sites (N-methyl/N-ethyl adjacent to an activating group) is 1. The summed E-state index contributed by atoms with van der Waals surface area (Å²) in [4.78, 5) is 28.6. The van der Waals surface area contributed by atoms with Gasteiger partial charge in [-0.3, -0.25) is 9.89 Å². The number of aryl methyl sites for hydroxylation is 1. The summed E-state index contributed by atoms with van der Waals surface area (Å²) in [6, 6.07) is 3.47. The van der Waals surface area contributed by atoms with Crippen LogP contribution in [0.1, 0.15) is 29.9 Å². The molecule has 0 aliphatic carbocycles. The van der Waals surface area contributed by atoms with E-state index in [0.29, 0.717) is 59.8 Å². The smallest absolute Gasteiger partial charge is 0.276 e. The summed E-state index contributed by atoms with van der Waals surface area (Å²) in [6.45, 7) is 9.09. The fourth-order valence-corrected chi connectivity index (χ4v) is 4.76. The van der Waals surface area contributed by atoms with Crippen LogP contribution in [0.4, 0.5) is 21.7 Å². The lowest BCUT2D eigenvalue weighted by Gasteiger charge is -2.39. The molecule has 37 heavy (non-hydrogen) atoms. The van der Waals surface area contributed by atoms with Crippen molar-refractivity contribution >= 4 is 23.2 Å². The summed E-state index contributed by atoms with van der Waals surface area (Å²) in [7, 11) is 2.08. The highest BCUT2D eigenvalue weighted by atomic mass is 19.1. The summed E-state index contributed by atoms with van der Waals surface area (Å²) in [5.74, 6) is -0.135. The van der Waals surface area contributed by atoms with Gasteiger partial charge in [0.1, 0.15) is 5.82 Å². The highest BCUT2D eigenvalue weighted by Crippen LogP contribution is 2.35. The van der Waals surface area contributed by atoms with Crippen molar-refractivity contribution in [1.82, 2.24) is 25.1 Å². The minimum Gasteiger partial charge on any atom is -0.378 e. The fraction of sp³-hybridized carbons (Fsp3) is 0.462. The van der Waals surface area contributed by atoms with Gasteiger partial charge in [0, 0.05) is 74.0 Å². The number of carbonyl (C=O) groups is 1. The minimum atomic E-state index is -0.392. The number of aromatic nitrogens is 4. The molecule has 1 atom stereocenters. The summed E-state index contributed by atoms with van der Waals surface area (Å²) in [5.41, 5.74) is 3.20. The van der Waals surface area contributed by atoms with E-state index in [2.05, 4.69) is 49.3 Å². The Balaban J connectivity index is 1.49. The zero-order valence-electron chi connectivity index (χ0n) is 21.5. The molecule has 1 aromatic carbocycles. The van der Waals surface area contributed by atoms with Crippen molar-refractivity contribution < 1.29 is 13.9 Å². The normalized spacial score (nSPS) is 18.8. The Kier molecular flexibility index (Phi) is 7.33. The van der Waals surface area contributed by atoms with Gasteiger partial charge in [-0.1, -0.05) is 6.92 Å². The summed E-state index contributed by atoms with van der Waals surface area (Å²) in [5, 5.41) is 9.91. The second-order valence-corrected chi connectivity index (χ2v) is 9.56. The van der Waals surface area contributed by atoms with Gasteiger partial charge in [-0.25, -0.2) is 14.4 Å². The zero-order valence-corrected chi connectivity index (χ0v) is 21.5.